The third kappa shape index (κ3) is 5.22. The van der Waals surface area contributed by atoms with Crippen molar-refractivity contribution in [1.82, 2.24) is 24.4 Å². The van der Waals surface area contributed by atoms with E-state index in [1.54, 1.807) is 22.8 Å². The van der Waals surface area contributed by atoms with Gasteiger partial charge in [0.25, 0.3) is 0 Å². The summed E-state index contributed by atoms with van der Waals surface area (Å²) in [5.41, 5.74) is -0.759. The Labute approximate surface area is 258 Å². The zero-order valence-electron chi connectivity index (χ0n) is 24.9. The minimum atomic E-state index is -3.75. The third-order valence-corrected chi connectivity index (χ3v) is 10.6. The molecule has 0 unspecified atom stereocenters. The summed E-state index contributed by atoms with van der Waals surface area (Å²) in [6, 6.07) is 7.88. The van der Waals surface area contributed by atoms with Gasteiger partial charge >= 0.3 is 5.69 Å². The highest BCUT2D eigenvalue weighted by atomic mass is 32.2. The summed E-state index contributed by atoms with van der Waals surface area (Å²) in [5, 5.41) is -0.393. The van der Waals surface area contributed by atoms with Crippen LogP contribution in [-0.4, -0.2) is 76.7 Å². The van der Waals surface area contributed by atoms with Crippen molar-refractivity contribution in [3.63, 3.8) is 0 Å². The van der Waals surface area contributed by atoms with E-state index in [1.807, 2.05) is 6.92 Å². The van der Waals surface area contributed by atoms with E-state index in [0.29, 0.717) is 31.6 Å². The van der Waals surface area contributed by atoms with Crippen LogP contribution in [0.5, 0.6) is 0 Å². The first-order chi connectivity index (χ1) is 21.4. The van der Waals surface area contributed by atoms with Crippen molar-refractivity contribution in [2.75, 3.05) is 35.9 Å². The Morgan fingerprint density at radius 2 is 1.84 bits per heavy atom. The van der Waals surface area contributed by atoms with Crippen molar-refractivity contribution < 1.29 is 22.0 Å². The quantitative estimate of drug-likeness (QED) is 0.283. The lowest BCUT2D eigenvalue weighted by atomic mass is 10.1. The molecule has 0 N–H and O–H groups in total. The molecule has 6 rings (SSSR count). The molecular formula is C31H31F2N7O4S. The molecule has 3 aromatic heterocycles. The number of hydrogen-bond acceptors (Lipinski definition) is 8. The normalized spacial score (nSPS) is 17.0. The average Bonchev–Trinajstić information content (AvgIpc) is 3.87. The minimum absolute atomic E-state index is 0.0592. The predicted molar refractivity (Wildman–Crippen MR) is 167 cm³/mol. The number of piperazine rings is 1. The summed E-state index contributed by atoms with van der Waals surface area (Å²) in [5.74, 6) is -1.65. The van der Waals surface area contributed by atoms with Crippen molar-refractivity contribution in [2.45, 2.75) is 38.0 Å². The molecule has 4 aromatic rings. The molecule has 1 amide bonds. The summed E-state index contributed by atoms with van der Waals surface area (Å²) < 4.78 is 59.7. The van der Waals surface area contributed by atoms with E-state index in [0.717, 1.165) is 14.9 Å². The number of halogens is 2. The fraction of sp³-hybridized carbons (Fsp3) is 0.323. The maximum absolute atomic E-state index is 15.9. The van der Waals surface area contributed by atoms with Gasteiger partial charge in [-0.15, -0.1) is 0 Å². The van der Waals surface area contributed by atoms with Crippen molar-refractivity contribution in [3.8, 4) is 16.9 Å². The molecule has 1 atom stereocenters. The number of hydrogen-bond donors (Lipinski definition) is 0. The maximum atomic E-state index is 15.9. The molecule has 14 heteroatoms. The number of amides is 1. The van der Waals surface area contributed by atoms with Gasteiger partial charge in [0.1, 0.15) is 23.1 Å². The van der Waals surface area contributed by atoms with E-state index < -0.39 is 32.6 Å². The van der Waals surface area contributed by atoms with Crippen molar-refractivity contribution in [1.29, 1.82) is 0 Å². The molecule has 0 bridgehead atoms. The smallest absolute Gasteiger partial charge is 0.350 e. The lowest BCUT2D eigenvalue weighted by Crippen LogP contribution is -2.54. The van der Waals surface area contributed by atoms with Crippen LogP contribution in [-0.2, 0) is 14.8 Å². The Morgan fingerprint density at radius 3 is 2.51 bits per heavy atom. The second kappa shape index (κ2) is 11.3. The van der Waals surface area contributed by atoms with Crippen LogP contribution in [0.1, 0.15) is 25.5 Å². The van der Waals surface area contributed by atoms with Crippen molar-refractivity contribution in [2.24, 2.45) is 0 Å². The number of carbonyl (C=O) groups excluding carboxylic acids is 1. The van der Waals surface area contributed by atoms with E-state index in [9.17, 15) is 22.4 Å². The molecular weight excluding hydrogens is 604 g/mol. The van der Waals surface area contributed by atoms with Gasteiger partial charge in [0.2, 0.25) is 15.9 Å². The van der Waals surface area contributed by atoms with E-state index in [-0.39, 0.29) is 58.0 Å². The number of aromatic nitrogens is 4. The van der Waals surface area contributed by atoms with Gasteiger partial charge in [0, 0.05) is 44.5 Å². The molecule has 0 spiro atoms. The van der Waals surface area contributed by atoms with Gasteiger partial charge in [-0.25, -0.2) is 31.5 Å². The SMILES string of the molecule is C=CC(=O)N1CCN(c2nc(=O)n(-c3c(N(C)S(=O)(=O)C4CC4)ccnc3C)c3nc(-c4ccccc4F)c(F)cc23)[C@@H](C)C1. The highest BCUT2D eigenvalue weighted by Crippen LogP contribution is 2.37. The molecule has 4 heterocycles. The van der Waals surface area contributed by atoms with Gasteiger partial charge in [-0.05, 0) is 57.0 Å². The Hall–Kier alpha value is -4.72. The minimum Gasteiger partial charge on any atom is -0.350 e. The zero-order valence-corrected chi connectivity index (χ0v) is 25.8. The molecule has 234 valence electrons. The van der Waals surface area contributed by atoms with Crippen LogP contribution in [0.4, 0.5) is 20.3 Å². The van der Waals surface area contributed by atoms with Gasteiger partial charge in [0.05, 0.1) is 27.7 Å². The first kappa shape index (κ1) is 30.3. The molecule has 1 saturated heterocycles. The highest BCUT2D eigenvalue weighted by Gasteiger charge is 2.40. The second-order valence-electron chi connectivity index (χ2n) is 11.2. The number of pyridine rings is 2. The molecule has 1 aliphatic carbocycles. The number of aryl methyl sites for hydroxylation is 1. The first-order valence-corrected chi connectivity index (χ1v) is 15.9. The Balaban J connectivity index is 1.63. The number of fused-ring (bicyclic) bond motifs is 1. The number of nitrogens with zero attached hydrogens (tertiary/aromatic N) is 7. The van der Waals surface area contributed by atoms with Gasteiger partial charge in [-0.3, -0.25) is 14.1 Å². The summed E-state index contributed by atoms with van der Waals surface area (Å²) in [7, 11) is -2.34. The molecule has 1 saturated carbocycles. The fourth-order valence-corrected chi connectivity index (χ4v) is 7.37. The number of benzene rings is 1. The summed E-state index contributed by atoms with van der Waals surface area (Å²) in [6.45, 7) is 7.90. The van der Waals surface area contributed by atoms with E-state index in [2.05, 4.69) is 21.5 Å². The zero-order chi connectivity index (χ0) is 32.2. The largest absolute Gasteiger partial charge is 0.355 e. The van der Waals surface area contributed by atoms with Crippen LogP contribution in [0.2, 0.25) is 0 Å². The number of anilines is 2. The van der Waals surface area contributed by atoms with Crippen molar-refractivity contribution >= 4 is 38.5 Å². The van der Waals surface area contributed by atoms with Crippen molar-refractivity contribution in [3.05, 3.63) is 83.1 Å². The van der Waals surface area contributed by atoms with Gasteiger partial charge in [-0.2, -0.15) is 4.98 Å². The van der Waals surface area contributed by atoms with E-state index in [4.69, 9.17) is 0 Å². The Morgan fingerprint density at radius 1 is 1.11 bits per heavy atom. The van der Waals surface area contributed by atoms with Crippen LogP contribution in [0, 0.1) is 18.6 Å². The summed E-state index contributed by atoms with van der Waals surface area (Å²) >= 11 is 0. The van der Waals surface area contributed by atoms with Crippen LogP contribution in [0.3, 0.4) is 0 Å². The first-order valence-electron chi connectivity index (χ1n) is 14.4. The van der Waals surface area contributed by atoms with Gasteiger partial charge in [-0.1, -0.05) is 18.7 Å². The maximum Gasteiger partial charge on any atom is 0.355 e. The number of rotatable bonds is 7. The van der Waals surface area contributed by atoms with Gasteiger partial charge < -0.3 is 9.80 Å². The second-order valence-corrected chi connectivity index (χ2v) is 13.5. The average molecular weight is 636 g/mol. The lowest BCUT2D eigenvalue weighted by Gasteiger charge is -2.40. The third-order valence-electron chi connectivity index (χ3n) is 8.29. The molecule has 2 fully saturated rings. The highest BCUT2D eigenvalue weighted by molar-refractivity contribution is 7.93. The molecule has 1 aliphatic heterocycles. The fourth-order valence-electron chi connectivity index (χ4n) is 5.77. The lowest BCUT2D eigenvalue weighted by molar-refractivity contribution is -0.126. The number of carbonyl (C=O) groups is 1. The van der Waals surface area contributed by atoms with Crippen LogP contribution in [0.15, 0.2) is 60.0 Å². The van der Waals surface area contributed by atoms with E-state index in [1.165, 1.54) is 43.6 Å². The molecule has 1 aromatic carbocycles. The van der Waals surface area contributed by atoms with Crippen LogP contribution in [0.25, 0.3) is 28.0 Å². The Kier molecular flexibility index (Phi) is 7.63. The number of sulfonamides is 1. The molecule has 11 nitrogen and oxygen atoms in total. The topological polar surface area (TPSA) is 122 Å². The van der Waals surface area contributed by atoms with E-state index >= 15 is 4.39 Å². The molecule has 45 heavy (non-hydrogen) atoms. The Bertz CT molecular complexity index is 2030. The monoisotopic (exact) mass is 635 g/mol. The van der Waals surface area contributed by atoms with Gasteiger partial charge in [0.15, 0.2) is 5.65 Å². The summed E-state index contributed by atoms with van der Waals surface area (Å²) in [6.07, 6.45) is 3.73. The summed E-state index contributed by atoms with van der Waals surface area (Å²) in [4.78, 5) is 43.0. The standard InChI is InChI=1S/C31H31F2N7O4S/c1-5-26(41)38-14-15-39(18(2)17-38)29-22-16-24(33)27(21-8-6-7-9-23(21)32)35-30(22)40(31(42)36-29)28-19(3)34-13-12-25(28)37(4)45(43,44)20-10-11-20/h5-9,12-13,16,18,20H,1,10-11,14-15,17H2,2-4H3/t18-/m0/s1. The molecule has 2 aliphatic rings. The predicted octanol–water partition coefficient (Wildman–Crippen LogP) is 3.58. The molecule has 0 radical (unpaired) electrons. The van der Waals surface area contributed by atoms with Crippen LogP contribution < -0.4 is 14.9 Å². The van der Waals surface area contributed by atoms with Crippen LogP contribution >= 0.6 is 0 Å².